The zero-order chi connectivity index (χ0) is 75.6. The van der Waals surface area contributed by atoms with Crippen molar-refractivity contribution in [1.82, 2.24) is 58.5 Å². The monoisotopic (exact) mass is 1430 g/mol. The molecule has 552 valence electrons. The topological polar surface area (TPSA) is 556 Å². The van der Waals surface area contributed by atoms with Gasteiger partial charge in [0.2, 0.25) is 88.6 Å². The van der Waals surface area contributed by atoms with E-state index in [1.807, 2.05) is 6.07 Å². The molecule has 0 fully saturated rings. The standard InChI is InChI=1S/C67H96N16O17S/c1-8-36(6)55(83-64(96)48(34-53(72)87)78-57(89)41(9-2)73-60(92)44(29-38-22-16-12-17-23-38)76-59(91)43(26-27-101-7)75-56(88)40(68)28-37-20-14-11-15-21-37)66(98)80-46(32-51(70)85)61(93)79-47(33-52(71)86)63(95)82-54(35(4)5)65(97)74-42(10-3)58(90)77-45(31-50(69)84)62(94)81-49(67(99)100)30-39-24-18-13-19-25-39/h11-25,35-36,40-49,54-55H,8-10,26-34,68H2,1-7H3,(H2,69,84)(H2,70,85)(H2,71,86)(H2,72,87)(H,73,92)(H,74,97)(H,75,88)(H,76,91)(H,77,90)(H,78,89)(H,79,93)(H,80,98)(H,81,94)(H,82,95)(H,83,96)(H,99,100)/t36-,40-,41-,42-,43-,44-,45-,46-,47-,48-,49-,54-,55-/m0/s1. The van der Waals surface area contributed by atoms with E-state index in [9.17, 15) is 81.8 Å². The van der Waals surface area contributed by atoms with E-state index in [0.29, 0.717) is 16.9 Å². The number of carbonyl (C=O) groups is 16. The van der Waals surface area contributed by atoms with Gasteiger partial charge in [-0.15, -0.1) is 0 Å². The first kappa shape index (κ1) is 84.7. The second kappa shape index (κ2) is 43.1. The minimum Gasteiger partial charge on any atom is -0.480 e. The molecular formula is C67H96N16O17S. The third-order valence-electron chi connectivity index (χ3n) is 16.0. The Balaban J connectivity index is 1.83. The molecule has 0 aliphatic rings. The van der Waals surface area contributed by atoms with Crippen LogP contribution < -0.4 is 87.2 Å². The lowest BCUT2D eigenvalue weighted by Crippen LogP contribution is -2.62. The summed E-state index contributed by atoms with van der Waals surface area (Å²) in [6, 6.07) is 7.18. The van der Waals surface area contributed by atoms with Gasteiger partial charge >= 0.3 is 5.97 Å². The van der Waals surface area contributed by atoms with Crippen LogP contribution in [-0.2, 0) is 96.0 Å². The van der Waals surface area contributed by atoms with Crippen molar-refractivity contribution < 1.29 is 81.8 Å². The quantitative estimate of drug-likeness (QED) is 0.0258. The summed E-state index contributed by atoms with van der Waals surface area (Å²) in [7, 11) is 0. The normalized spacial score (nSPS) is 14.9. The molecule has 0 aliphatic heterocycles. The van der Waals surface area contributed by atoms with Crippen LogP contribution in [0, 0.1) is 11.8 Å². The van der Waals surface area contributed by atoms with Crippen LogP contribution in [0.15, 0.2) is 91.0 Å². The number of amides is 15. The molecule has 33 nitrogen and oxygen atoms in total. The number of hydrogen-bond acceptors (Lipinski definition) is 18. The van der Waals surface area contributed by atoms with Crippen molar-refractivity contribution in [2.45, 2.75) is 185 Å². The van der Waals surface area contributed by atoms with Gasteiger partial charge in [-0.05, 0) is 66.2 Å². The summed E-state index contributed by atoms with van der Waals surface area (Å²) in [5, 5.41) is 36.7. The van der Waals surface area contributed by atoms with Gasteiger partial charge in [0.25, 0.3) is 0 Å². The molecule has 3 rings (SSSR count). The third-order valence-corrected chi connectivity index (χ3v) is 16.6. The number of benzene rings is 3. The molecule has 13 atom stereocenters. The van der Waals surface area contributed by atoms with E-state index in [4.69, 9.17) is 28.7 Å². The number of nitrogens with two attached hydrogens (primary N) is 5. The van der Waals surface area contributed by atoms with Crippen LogP contribution in [0.25, 0.3) is 0 Å². The Morgan fingerprint density at radius 1 is 0.356 bits per heavy atom. The van der Waals surface area contributed by atoms with E-state index < -0.39 is 205 Å². The van der Waals surface area contributed by atoms with Crippen LogP contribution in [0.3, 0.4) is 0 Å². The predicted octanol–water partition coefficient (Wildman–Crippen LogP) is -3.76. The maximum absolute atomic E-state index is 14.3. The van der Waals surface area contributed by atoms with Crippen LogP contribution in [0.4, 0.5) is 0 Å². The largest absolute Gasteiger partial charge is 0.480 e. The summed E-state index contributed by atoms with van der Waals surface area (Å²) in [6.45, 7) is 9.03. The molecule has 0 spiro atoms. The molecule has 0 bridgehead atoms. The van der Waals surface area contributed by atoms with Gasteiger partial charge in [-0.2, -0.15) is 11.8 Å². The molecule has 15 amide bonds. The van der Waals surface area contributed by atoms with E-state index in [-0.39, 0.29) is 44.9 Å². The van der Waals surface area contributed by atoms with E-state index in [1.54, 1.807) is 98.1 Å². The first-order valence-corrected chi connectivity index (χ1v) is 34.2. The van der Waals surface area contributed by atoms with E-state index in [0.717, 1.165) is 5.56 Å². The number of carboxylic acid groups (broad SMARTS) is 1. The highest BCUT2D eigenvalue weighted by Crippen LogP contribution is 2.14. The second-order valence-corrected chi connectivity index (χ2v) is 25.4. The van der Waals surface area contributed by atoms with Crippen LogP contribution >= 0.6 is 11.8 Å². The van der Waals surface area contributed by atoms with Gasteiger partial charge in [0.05, 0.1) is 31.7 Å². The highest BCUT2D eigenvalue weighted by Gasteiger charge is 2.39. The van der Waals surface area contributed by atoms with Gasteiger partial charge in [-0.25, -0.2) is 4.79 Å². The molecule has 0 saturated carbocycles. The molecular weight excluding hydrogens is 1330 g/mol. The lowest BCUT2D eigenvalue weighted by molar-refractivity contribution is -0.142. The van der Waals surface area contributed by atoms with Crippen molar-refractivity contribution in [2.24, 2.45) is 40.5 Å². The van der Waals surface area contributed by atoms with Gasteiger partial charge in [0, 0.05) is 12.8 Å². The zero-order valence-electron chi connectivity index (χ0n) is 57.5. The van der Waals surface area contributed by atoms with Gasteiger partial charge < -0.3 is 92.3 Å². The molecule has 3 aromatic carbocycles. The number of carbonyl (C=O) groups excluding carboxylic acids is 15. The van der Waals surface area contributed by atoms with Gasteiger partial charge in [-0.1, -0.05) is 139 Å². The molecule has 0 saturated heterocycles. The first-order valence-electron chi connectivity index (χ1n) is 32.8. The molecule has 0 heterocycles. The molecule has 3 aromatic rings. The maximum atomic E-state index is 14.3. The summed E-state index contributed by atoms with van der Waals surface area (Å²) in [5.41, 5.74) is 30.1. The Bertz CT molecular complexity index is 3370. The minimum atomic E-state index is -1.97. The van der Waals surface area contributed by atoms with Crippen molar-refractivity contribution in [3.8, 4) is 0 Å². The molecule has 0 aromatic heterocycles. The average molecular weight is 1430 g/mol. The van der Waals surface area contributed by atoms with Gasteiger partial charge in [0.15, 0.2) is 0 Å². The number of carboxylic acids is 1. The fourth-order valence-electron chi connectivity index (χ4n) is 10.1. The van der Waals surface area contributed by atoms with Crippen LogP contribution in [0.1, 0.15) is 110 Å². The van der Waals surface area contributed by atoms with Crippen molar-refractivity contribution in [2.75, 3.05) is 12.0 Å². The summed E-state index contributed by atoms with van der Waals surface area (Å²) < 4.78 is 0. The zero-order valence-corrected chi connectivity index (χ0v) is 58.3. The lowest BCUT2D eigenvalue weighted by atomic mass is 9.96. The number of primary amides is 4. The van der Waals surface area contributed by atoms with Crippen molar-refractivity contribution in [3.05, 3.63) is 108 Å². The summed E-state index contributed by atoms with van der Waals surface area (Å²) in [5.74, 6) is -18.4. The smallest absolute Gasteiger partial charge is 0.326 e. The van der Waals surface area contributed by atoms with E-state index in [2.05, 4.69) is 58.5 Å². The second-order valence-electron chi connectivity index (χ2n) is 24.4. The van der Waals surface area contributed by atoms with Gasteiger partial charge in [-0.3, -0.25) is 71.9 Å². The van der Waals surface area contributed by atoms with E-state index >= 15 is 0 Å². The number of aliphatic carboxylic acids is 1. The SMILES string of the molecule is CC[C@H](NC(=O)[C@H](Cc1ccccc1)NC(=O)[C@H](CCSC)NC(=O)[C@@H](N)Cc1ccccc1)C(=O)N[C@@H](CC(N)=O)C(=O)N[C@H](C(=O)N[C@@H](CC(N)=O)C(=O)N[C@@H](CC(N)=O)C(=O)N[C@H](C(=O)N[C@@H](CC)C(=O)N[C@@H](CC(N)=O)C(=O)N[C@@H](Cc1ccccc1)C(=O)O)C(C)C)[C@@H](C)CC. The van der Waals surface area contributed by atoms with Crippen molar-refractivity contribution >= 4 is 106 Å². The predicted molar refractivity (Wildman–Crippen MR) is 370 cm³/mol. The van der Waals surface area contributed by atoms with Crippen LogP contribution in [-0.4, -0.2) is 184 Å². The van der Waals surface area contributed by atoms with Gasteiger partial charge in [0.1, 0.15) is 66.5 Å². The maximum Gasteiger partial charge on any atom is 0.326 e. The number of hydrogen-bond donors (Lipinski definition) is 17. The minimum absolute atomic E-state index is 0.0946. The number of rotatable bonds is 45. The molecule has 22 N–H and O–H groups in total. The van der Waals surface area contributed by atoms with Crippen LogP contribution in [0.2, 0.25) is 0 Å². The molecule has 0 radical (unpaired) electrons. The third kappa shape index (κ3) is 29.8. The lowest BCUT2D eigenvalue weighted by Gasteiger charge is -2.29. The van der Waals surface area contributed by atoms with Crippen LogP contribution in [0.5, 0.6) is 0 Å². The Morgan fingerprint density at radius 2 is 0.644 bits per heavy atom. The fourth-order valence-corrected chi connectivity index (χ4v) is 10.6. The van der Waals surface area contributed by atoms with E-state index in [1.165, 1.54) is 46.4 Å². The Hall–Kier alpha value is -10.5. The Morgan fingerprint density at radius 3 is 1.01 bits per heavy atom. The Labute approximate surface area is 589 Å². The fraction of sp³-hybridized carbons (Fsp3) is 0.493. The summed E-state index contributed by atoms with van der Waals surface area (Å²) in [6.07, 6.45) is -1.84. The number of nitrogens with one attached hydrogen (secondary N) is 11. The first-order chi connectivity index (χ1) is 47.7. The molecule has 0 aliphatic carbocycles. The molecule has 34 heteroatoms. The summed E-state index contributed by atoms with van der Waals surface area (Å²) >= 11 is 1.41. The number of thioether (sulfide) groups is 1. The van der Waals surface area contributed by atoms with Crippen molar-refractivity contribution in [1.29, 1.82) is 0 Å². The highest BCUT2D eigenvalue weighted by atomic mass is 32.2. The average Bonchev–Trinajstić information content (AvgIpc) is 0.860. The molecule has 0 unspecified atom stereocenters. The Kier molecular flexibility index (Phi) is 36.2. The highest BCUT2D eigenvalue weighted by molar-refractivity contribution is 7.98. The summed E-state index contributed by atoms with van der Waals surface area (Å²) in [4.78, 5) is 215. The van der Waals surface area contributed by atoms with Crippen molar-refractivity contribution in [3.63, 3.8) is 0 Å². The molecule has 101 heavy (non-hydrogen) atoms.